The fourth-order valence-corrected chi connectivity index (χ4v) is 3.98. The number of aromatic amines is 1. The summed E-state index contributed by atoms with van der Waals surface area (Å²) < 4.78 is 1.55. The highest BCUT2D eigenvalue weighted by atomic mass is 35.5. The number of benzene rings is 2. The highest BCUT2D eigenvalue weighted by molar-refractivity contribution is 7.99. The minimum atomic E-state index is -0.314. The molecule has 0 bridgehead atoms. The lowest BCUT2D eigenvalue weighted by molar-refractivity contribution is -0.113. The van der Waals surface area contributed by atoms with Gasteiger partial charge >= 0.3 is 0 Å². The molecule has 4 rings (SSSR count). The van der Waals surface area contributed by atoms with Gasteiger partial charge in [-0.1, -0.05) is 35.5 Å². The molecule has 4 aromatic rings. The van der Waals surface area contributed by atoms with E-state index in [-0.39, 0.29) is 17.2 Å². The third-order valence-corrected chi connectivity index (χ3v) is 5.42. The Balaban J connectivity index is 1.55. The van der Waals surface area contributed by atoms with Gasteiger partial charge in [0, 0.05) is 10.7 Å². The first-order valence-electron chi connectivity index (χ1n) is 9.14. The normalized spacial score (nSPS) is 11.0. The van der Waals surface area contributed by atoms with Crippen molar-refractivity contribution in [1.29, 1.82) is 0 Å². The maximum absolute atomic E-state index is 12.4. The summed E-state index contributed by atoms with van der Waals surface area (Å²) in [5, 5.41) is 8.39. The van der Waals surface area contributed by atoms with Gasteiger partial charge in [-0.05, 0) is 55.3 Å². The molecule has 0 radical (unpaired) electrons. The van der Waals surface area contributed by atoms with Crippen molar-refractivity contribution >= 4 is 46.0 Å². The van der Waals surface area contributed by atoms with Crippen LogP contribution in [0.2, 0.25) is 5.02 Å². The molecule has 0 atom stereocenters. The molecule has 7 nitrogen and oxygen atoms in total. The summed E-state index contributed by atoms with van der Waals surface area (Å²) in [7, 11) is 0. The number of amides is 1. The molecule has 152 valence electrons. The predicted octanol–water partition coefficient (Wildman–Crippen LogP) is 4.11. The number of carbonyl (C=O) groups is 1. The van der Waals surface area contributed by atoms with Crippen LogP contribution in [0.25, 0.3) is 16.7 Å². The minimum Gasteiger partial charge on any atom is -0.325 e. The average Bonchev–Trinajstić information content (AvgIpc) is 3.10. The topological polar surface area (TPSA) is 92.7 Å². The number of halogens is 1. The van der Waals surface area contributed by atoms with E-state index in [4.69, 9.17) is 11.6 Å². The molecular weight excluding hydrogens is 422 g/mol. The Kier molecular flexibility index (Phi) is 5.61. The highest BCUT2D eigenvalue weighted by Gasteiger charge is 2.13. The maximum Gasteiger partial charge on any atom is 0.262 e. The summed E-state index contributed by atoms with van der Waals surface area (Å²) in [4.78, 5) is 32.0. The fourth-order valence-electron chi connectivity index (χ4n) is 3.14. The van der Waals surface area contributed by atoms with Crippen LogP contribution in [0.1, 0.15) is 11.1 Å². The van der Waals surface area contributed by atoms with E-state index < -0.39 is 0 Å². The standard InChI is InChI=1S/C21H18ClN5O2S/c1-12-6-13(2)8-15(7-12)24-18(28)11-30-21-25-19-17(20(29)26-21)10-23-27(19)16-5-3-4-14(22)9-16/h3-10H,11H2,1-2H3,(H,24,28)(H,25,26,29). The van der Waals surface area contributed by atoms with Gasteiger partial charge in [0.2, 0.25) is 5.91 Å². The van der Waals surface area contributed by atoms with Crippen LogP contribution in [-0.2, 0) is 4.79 Å². The number of hydrogen-bond donors (Lipinski definition) is 2. The second-order valence-corrected chi connectivity index (χ2v) is 8.26. The number of aryl methyl sites for hydroxylation is 2. The van der Waals surface area contributed by atoms with Gasteiger partial charge in [-0.25, -0.2) is 9.67 Å². The van der Waals surface area contributed by atoms with Gasteiger partial charge in [-0.2, -0.15) is 5.10 Å². The number of thioether (sulfide) groups is 1. The van der Waals surface area contributed by atoms with Gasteiger partial charge in [-0.15, -0.1) is 0 Å². The Bertz CT molecular complexity index is 1290. The first-order valence-corrected chi connectivity index (χ1v) is 10.5. The zero-order valence-electron chi connectivity index (χ0n) is 16.3. The van der Waals surface area contributed by atoms with Crippen LogP contribution >= 0.6 is 23.4 Å². The number of rotatable bonds is 5. The number of nitrogens with one attached hydrogen (secondary N) is 2. The summed E-state index contributed by atoms with van der Waals surface area (Å²) in [5.74, 6) is -0.0803. The maximum atomic E-state index is 12.4. The van der Waals surface area contributed by atoms with Crippen LogP contribution in [0, 0.1) is 13.8 Å². The van der Waals surface area contributed by atoms with Crippen molar-refractivity contribution in [3.05, 3.63) is 75.2 Å². The molecule has 0 aliphatic heterocycles. The van der Waals surface area contributed by atoms with E-state index in [0.717, 1.165) is 28.6 Å². The third kappa shape index (κ3) is 4.39. The van der Waals surface area contributed by atoms with Crippen LogP contribution < -0.4 is 10.9 Å². The van der Waals surface area contributed by atoms with Gasteiger partial charge in [-0.3, -0.25) is 9.59 Å². The molecule has 0 aliphatic carbocycles. The van der Waals surface area contributed by atoms with Crippen molar-refractivity contribution < 1.29 is 4.79 Å². The Labute approximate surface area is 181 Å². The molecule has 2 N–H and O–H groups in total. The van der Waals surface area contributed by atoms with E-state index in [2.05, 4.69) is 20.4 Å². The number of fused-ring (bicyclic) bond motifs is 1. The van der Waals surface area contributed by atoms with Crippen LogP contribution in [0.5, 0.6) is 0 Å². The molecule has 0 aliphatic rings. The number of hydrogen-bond acceptors (Lipinski definition) is 5. The molecule has 0 fully saturated rings. The van der Waals surface area contributed by atoms with Crippen molar-refractivity contribution in [3.8, 4) is 5.69 Å². The quantitative estimate of drug-likeness (QED) is 0.360. The minimum absolute atomic E-state index is 0.104. The first-order chi connectivity index (χ1) is 14.4. The number of carbonyl (C=O) groups excluding carboxylic acids is 1. The van der Waals surface area contributed by atoms with Gasteiger partial charge in [0.25, 0.3) is 5.56 Å². The van der Waals surface area contributed by atoms with Crippen LogP contribution in [0.15, 0.2) is 58.6 Å². The summed E-state index contributed by atoms with van der Waals surface area (Å²) in [6.45, 7) is 3.95. The second-order valence-electron chi connectivity index (χ2n) is 6.86. The molecule has 0 spiro atoms. The number of nitrogens with zero attached hydrogens (tertiary/aromatic N) is 3. The van der Waals surface area contributed by atoms with Gasteiger partial charge < -0.3 is 10.3 Å². The number of aromatic nitrogens is 4. The van der Waals surface area contributed by atoms with E-state index in [1.54, 1.807) is 22.9 Å². The third-order valence-electron chi connectivity index (χ3n) is 4.31. The Morgan fingerprint density at radius 2 is 1.97 bits per heavy atom. The fraction of sp³-hybridized carbons (Fsp3) is 0.143. The van der Waals surface area contributed by atoms with Crippen molar-refractivity contribution in [1.82, 2.24) is 19.7 Å². The molecule has 2 heterocycles. The van der Waals surface area contributed by atoms with E-state index in [1.165, 1.54) is 6.20 Å². The summed E-state index contributed by atoms with van der Waals surface area (Å²) in [5.41, 5.74) is 3.67. The van der Waals surface area contributed by atoms with E-state index in [1.807, 2.05) is 38.1 Å². The van der Waals surface area contributed by atoms with E-state index >= 15 is 0 Å². The zero-order valence-corrected chi connectivity index (χ0v) is 17.8. The van der Waals surface area contributed by atoms with Crippen molar-refractivity contribution in [3.63, 3.8) is 0 Å². The first kappa shape index (κ1) is 20.2. The lowest BCUT2D eigenvalue weighted by Crippen LogP contribution is -2.16. The van der Waals surface area contributed by atoms with Gasteiger partial charge in [0.1, 0.15) is 5.39 Å². The molecule has 2 aromatic heterocycles. The van der Waals surface area contributed by atoms with Crippen molar-refractivity contribution in [2.75, 3.05) is 11.1 Å². The number of anilines is 1. The zero-order chi connectivity index (χ0) is 21.3. The van der Waals surface area contributed by atoms with E-state index in [0.29, 0.717) is 26.9 Å². The summed E-state index contributed by atoms with van der Waals surface area (Å²) in [6.07, 6.45) is 1.46. The highest BCUT2D eigenvalue weighted by Crippen LogP contribution is 2.20. The molecule has 1 amide bonds. The Hall–Kier alpha value is -3.10. The van der Waals surface area contributed by atoms with E-state index in [9.17, 15) is 9.59 Å². The van der Waals surface area contributed by atoms with Crippen LogP contribution in [-0.4, -0.2) is 31.4 Å². The van der Waals surface area contributed by atoms with Gasteiger partial charge in [0.05, 0.1) is 17.6 Å². The Morgan fingerprint density at radius 1 is 1.20 bits per heavy atom. The smallest absolute Gasteiger partial charge is 0.262 e. The molecule has 30 heavy (non-hydrogen) atoms. The average molecular weight is 440 g/mol. The molecular formula is C21H18ClN5O2S. The number of H-pyrrole nitrogens is 1. The second kappa shape index (κ2) is 8.33. The molecule has 2 aromatic carbocycles. The monoisotopic (exact) mass is 439 g/mol. The van der Waals surface area contributed by atoms with Crippen LogP contribution in [0.4, 0.5) is 5.69 Å². The predicted molar refractivity (Wildman–Crippen MR) is 120 cm³/mol. The molecule has 0 saturated carbocycles. The Morgan fingerprint density at radius 3 is 2.70 bits per heavy atom. The summed E-state index contributed by atoms with van der Waals surface area (Å²) in [6, 6.07) is 13.0. The largest absolute Gasteiger partial charge is 0.325 e. The van der Waals surface area contributed by atoms with Crippen molar-refractivity contribution in [2.24, 2.45) is 0 Å². The van der Waals surface area contributed by atoms with Crippen LogP contribution in [0.3, 0.4) is 0 Å². The SMILES string of the molecule is Cc1cc(C)cc(NC(=O)CSc2nc3c(cnn3-c3cccc(Cl)c3)c(=O)[nH]2)c1. The molecule has 9 heteroatoms. The molecule has 0 unspecified atom stereocenters. The molecule has 0 saturated heterocycles. The summed E-state index contributed by atoms with van der Waals surface area (Å²) >= 11 is 7.22. The van der Waals surface area contributed by atoms with Crippen molar-refractivity contribution in [2.45, 2.75) is 19.0 Å². The van der Waals surface area contributed by atoms with Gasteiger partial charge in [0.15, 0.2) is 10.8 Å². The lowest BCUT2D eigenvalue weighted by atomic mass is 10.1. The lowest BCUT2D eigenvalue weighted by Gasteiger charge is -2.08.